The van der Waals surface area contributed by atoms with Gasteiger partial charge in [-0.05, 0) is 66.2 Å². The third-order valence-electron chi connectivity index (χ3n) is 7.13. The first-order valence-electron chi connectivity index (χ1n) is 10.9. The Morgan fingerprint density at radius 1 is 0.655 bits per heavy atom. The van der Waals surface area contributed by atoms with Gasteiger partial charge in [-0.25, -0.2) is 0 Å². The molecular formula is C28H27N. The standard InChI is InChI=1S/C28H27N/c1-29(2)28(19-10-4-3-5-11-19)27-24(18-16-17-18)25-20-12-6-8-14-22(20)26(27)23-15-9-7-13-21(23)25/h3-15,18,25-26,28H,16-17H2,1-2H3. The molecule has 0 spiro atoms. The third-order valence-corrected chi connectivity index (χ3v) is 7.13. The summed E-state index contributed by atoms with van der Waals surface area (Å²) >= 11 is 0. The zero-order valence-electron chi connectivity index (χ0n) is 17.2. The molecule has 4 aliphatic carbocycles. The summed E-state index contributed by atoms with van der Waals surface area (Å²) in [7, 11) is 4.49. The lowest BCUT2D eigenvalue weighted by Gasteiger charge is -2.47. The van der Waals surface area contributed by atoms with Gasteiger partial charge in [-0.15, -0.1) is 0 Å². The minimum atomic E-state index is 0.320. The van der Waals surface area contributed by atoms with Gasteiger partial charge in [-0.1, -0.05) is 84.4 Å². The van der Waals surface area contributed by atoms with E-state index in [2.05, 4.69) is 97.9 Å². The molecule has 3 aromatic rings. The maximum atomic E-state index is 2.43. The van der Waals surface area contributed by atoms with Crippen LogP contribution in [0.25, 0.3) is 0 Å². The van der Waals surface area contributed by atoms with Crippen molar-refractivity contribution in [3.63, 3.8) is 0 Å². The Morgan fingerprint density at radius 3 is 1.62 bits per heavy atom. The predicted octanol–water partition coefficient (Wildman–Crippen LogP) is 6.29. The second-order valence-electron chi connectivity index (χ2n) is 9.09. The lowest BCUT2D eigenvalue weighted by molar-refractivity contribution is 0.321. The van der Waals surface area contributed by atoms with Crippen LogP contribution in [0.5, 0.6) is 0 Å². The number of hydrogen-bond acceptors (Lipinski definition) is 1. The molecule has 1 atom stereocenters. The van der Waals surface area contributed by atoms with Crippen LogP contribution >= 0.6 is 0 Å². The van der Waals surface area contributed by atoms with Crippen LogP contribution in [0.15, 0.2) is 90.0 Å². The first-order chi connectivity index (χ1) is 14.3. The molecule has 2 bridgehead atoms. The average Bonchev–Trinajstić information content (AvgIpc) is 3.60. The molecule has 0 amide bonds. The number of hydrogen-bond donors (Lipinski definition) is 0. The van der Waals surface area contributed by atoms with E-state index in [1.807, 2.05) is 0 Å². The molecule has 1 saturated carbocycles. The molecule has 7 rings (SSSR count). The fourth-order valence-electron chi connectivity index (χ4n) is 5.98. The predicted molar refractivity (Wildman–Crippen MR) is 119 cm³/mol. The number of allylic oxidation sites excluding steroid dienone is 1. The van der Waals surface area contributed by atoms with Gasteiger partial charge in [-0.2, -0.15) is 0 Å². The highest BCUT2D eigenvalue weighted by molar-refractivity contribution is 5.67. The van der Waals surface area contributed by atoms with Gasteiger partial charge in [0.15, 0.2) is 0 Å². The molecule has 0 saturated heterocycles. The highest BCUT2D eigenvalue weighted by Crippen LogP contribution is 2.63. The van der Waals surface area contributed by atoms with E-state index in [-0.39, 0.29) is 0 Å². The SMILES string of the molecule is CN(C)C(C1=C(C2CC2)C2c3ccccc3C1c1ccccc12)c1ccccc1. The first-order valence-corrected chi connectivity index (χ1v) is 10.9. The molecule has 1 unspecified atom stereocenters. The normalized spacial score (nSPS) is 23.1. The summed E-state index contributed by atoms with van der Waals surface area (Å²) in [5.74, 6) is 1.56. The Balaban J connectivity index is 1.66. The second-order valence-corrected chi connectivity index (χ2v) is 9.09. The number of nitrogens with zero attached hydrogens (tertiary/aromatic N) is 1. The molecule has 144 valence electrons. The summed E-state index contributed by atoms with van der Waals surface area (Å²) in [4.78, 5) is 2.43. The molecule has 0 radical (unpaired) electrons. The van der Waals surface area contributed by atoms with E-state index in [9.17, 15) is 0 Å². The van der Waals surface area contributed by atoms with Crippen molar-refractivity contribution in [2.45, 2.75) is 30.7 Å². The van der Waals surface area contributed by atoms with Gasteiger partial charge in [0, 0.05) is 11.8 Å². The van der Waals surface area contributed by atoms with Crippen LogP contribution < -0.4 is 0 Å². The van der Waals surface area contributed by atoms with Crippen molar-refractivity contribution >= 4 is 0 Å². The number of rotatable bonds is 4. The first kappa shape index (κ1) is 17.2. The van der Waals surface area contributed by atoms with Crippen molar-refractivity contribution in [2.24, 2.45) is 5.92 Å². The number of likely N-dealkylation sites (N-methyl/N-ethyl adjacent to an activating group) is 1. The Hall–Kier alpha value is -2.64. The Kier molecular flexibility index (Phi) is 3.82. The molecule has 4 aliphatic rings. The lowest BCUT2D eigenvalue weighted by Crippen LogP contribution is -2.35. The molecule has 29 heavy (non-hydrogen) atoms. The largest absolute Gasteiger partial charge is 0.299 e. The molecule has 3 aromatic carbocycles. The molecule has 0 aliphatic heterocycles. The van der Waals surface area contributed by atoms with Gasteiger partial charge < -0.3 is 0 Å². The lowest BCUT2D eigenvalue weighted by atomic mass is 9.58. The smallest absolute Gasteiger partial charge is 0.0568 e. The zero-order chi connectivity index (χ0) is 19.5. The van der Waals surface area contributed by atoms with E-state index in [0.29, 0.717) is 17.9 Å². The van der Waals surface area contributed by atoms with E-state index in [0.717, 1.165) is 5.92 Å². The van der Waals surface area contributed by atoms with E-state index < -0.39 is 0 Å². The molecule has 0 aromatic heterocycles. The fourth-order valence-corrected chi connectivity index (χ4v) is 5.98. The minimum Gasteiger partial charge on any atom is -0.299 e. The average molecular weight is 378 g/mol. The summed E-state index contributed by atoms with van der Waals surface area (Å²) in [5, 5.41) is 0. The summed E-state index contributed by atoms with van der Waals surface area (Å²) in [6, 6.07) is 29.9. The van der Waals surface area contributed by atoms with Crippen molar-refractivity contribution in [1.29, 1.82) is 0 Å². The third kappa shape index (κ3) is 2.50. The van der Waals surface area contributed by atoms with Crippen LogP contribution in [-0.2, 0) is 0 Å². The minimum absolute atomic E-state index is 0.320. The van der Waals surface area contributed by atoms with Crippen LogP contribution in [0.2, 0.25) is 0 Å². The Labute approximate surface area is 173 Å². The van der Waals surface area contributed by atoms with Crippen molar-refractivity contribution in [3.8, 4) is 0 Å². The van der Waals surface area contributed by atoms with E-state index >= 15 is 0 Å². The quantitative estimate of drug-likeness (QED) is 0.483. The highest BCUT2D eigenvalue weighted by Gasteiger charge is 2.49. The molecular weight excluding hydrogens is 350 g/mol. The Bertz CT molecular complexity index is 1060. The summed E-state index contributed by atoms with van der Waals surface area (Å²) in [6.07, 6.45) is 2.70. The maximum absolute atomic E-state index is 2.43. The van der Waals surface area contributed by atoms with E-state index in [1.54, 1.807) is 22.3 Å². The van der Waals surface area contributed by atoms with Crippen molar-refractivity contribution in [2.75, 3.05) is 14.1 Å². The van der Waals surface area contributed by atoms with Crippen LogP contribution in [0, 0.1) is 5.92 Å². The zero-order valence-corrected chi connectivity index (χ0v) is 17.2. The summed E-state index contributed by atoms with van der Waals surface area (Å²) in [5.41, 5.74) is 10.9. The van der Waals surface area contributed by atoms with Gasteiger partial charge in [0.1, 0.15) is 0 Å². The van der Waals surface area contributed by atoms with Gasteiger partial charge >= 0.3 is 0 Å². The monoisotopic (exact) mass is 377 g/mol. The summed E-state index contributed by atoms with van der Waals surface area (Å²) in [6.45, 7) is 0. The van der Waals surface area contributed by atoms with Crippen LogP contribution in [0.4, 0.5) is 0 Å². The van der Waals surface area contributed by atoms with Gasteiger partial charge in [0.25, 0.3) is 0 Å². The van der Waals surface area contributed by atoms with Crippen LogP contribution in [-0.4, -0.2) is 19.0 Å². The van der Waals surface area contributed by atoms with E-state index in [1.165, 1.54) is 29.5 Å². The van der Waals surface area contributed by atoms with Gasteiger partial charge in [-0.3, -0.25) is 4.90 Å². The maximum Gasteiger partial charge on any atom is 0.0568 e. The molecule has 0 N–H and O–H groups in total. The second kappa shape index (κ2) is 6.43. The Morgan fingerprint density at radius 2 is 1.14 bits per heavy atom. The highest BCUT2D eigenvalue weighted by atomic mass is 15.1. The summed E-state index contributed by atoms with van der Waals surface area (Å²) < 4.78 is 0. The van der Waals surface area contributed by atoms with Crippen molar-refractivity contribution in [3.05, 3.63) is 118 Å². The van der Waals surface area contributed by atoms with Crippen molar-refractivity contribution in [1.82, 2.24) is 4.90 Å². The molecule has 0 heterocycles. The van der Waals surface area contributed by atoms with Crippen molar-refractivity contribution < 1.29 is 0 Å². The van der Waals surface area contributed by atoms with E-state index in [4.69, 9.17) is 0 Å². The molecule has 1 heteroatoms. The van der Waals surface area contributed by atoms with Crippen LogP contribution in [0.3, 0.4) is 0 Å². The number of benzene rings is 3. The topological polar surface area (TPSA) is 3.24 Å². The molecule has 1 fully saturated rings. The molecule has 1 nitrogen and oxygen atoms in total. The van der Waals surface area contributed by atoms with Crippen LogP contribution in [0.1, 0.15) is 58.5 Å². The van der Waals surface area contributed by atoms with Gasteiger partial charge in [0.05, 0.1) is 6.04 Å². The van der Waals surface area contributed by atoms with Gasteiger partial charge in [0.2, 0.25) is 0 Å². The fraction of sp³-hybridized carbons (Fsp3) is 0.286.